The van der Waals surface area contributed by atoms with E-state index in [9.17, 15) is 4.79 Å². The van der Waals surface area contributed by atoms with Crippen molar-refractivity contribution in [2.24, 2.45) is 0 Å². The van der Waals surface area contributed by atoms with Crippen molar-refractivity contribution in [1.29, 1.82) is 0 Å². The van der Waals surface area contributed by atoms with Gasteiger partial charge in [-0.2, -0.15) is 0 Å². The Morgan fingerprint density at radius 1 is 0.962 bits per heavy atom. The number of benzene rings is 2. The van der Waals surface area contributed by atoms with E-state index in [4.69, 9.17) is 4.74 Å². The first-order valence-electron chi connectivity index (χ1n) is 9.44. The molecule has 1 N–H and O–H groups in total. The number of rotatable bonds is 7. The fourth-order valence-corrected chi connectivity index (χ4v) is 3.52. The third-order valence-corrected chi connectivity index (χ3v) is 4.98. The number of hydrogen-bond donors (Lipinski definition) is 1. The summed E-state index contributed by atoms with van der Waals surface area (Å²) in [7, 11) is 1.63. The van der Waals surface area contributed by atoms with Crippen LogP contribution in [0.5, 0.6) is 5.75 Å². The smallest absolute Gasteiger partial charge is 0.224 e. The van der Waals surface area contributed by atoms with Crippen molar-refractivity contribution in [3.8, 4) is 5.75 Å². The molecule has 138 valence electrons. The fourth-order valence-electron chi connectivity index (χ4n) is 3.52. The van der Waals surface area contributed by atoms with Crippen LogP contribution in [0.3, 0.4) is 0 Å². The van der Waals surface area contributed by atoms with Gasteiger partial charge in [0.15, 0.2) is 0 Å². The van der Waals surface area contributed by atoms with Gasteiger partial charge in [-0.15, -0.1) is 0 Å². The van der Waals surface area contributed by atoms with Crippen LogP contribution in [0.1, 0.15) is 36.0 Å². The van der Waals surface area contributed by atoms with Crippen LogP contribution in [-0.2, 0) is 24.3 Å². The van der Waals surface area contributed by atoms with E-state index < -0.39 is 0 Å². The van der Waals surface area contributed by atoms with Crippen molar-refractivity contribution in [3.63, 3.8) is 0 Å². The van der Waals surface area contributed by atoms with E-state index in [1.54, 1.807) is 7.11 Å². The maximum atomic E-state index is 12.4. The third kappa shape index (κ3) is 5.09. The Morgan fingerprint density at radius 2 is 1.62 bits per heavy atom. The van der Waals surface area contributed by atoms with Crippen molar-refractivity contribution in [1.82, 2.24) is 10.2 Å². The summed E-state index contributed by atoms with van der Waals surface area (Å²) < 4.78 is 5.33. The van der Waals surface area contributed by atoms with Crippen molar-refractivity contribution in [2.45, 2.75) is 38.8 Å². The van der Waals surface area contributed by atoms with E-state index in [2.05, 4.69) is 28.4 Å². The van der Waals surface area contributed by atoms with Gasteiger partial charge in [0.2, 0.25) is 5.91 Å². The largest absolute Gasteiger partial charge is 0.496 e. The summed E-state index contributed by atoms with van der Waals surface area (Å²) in [6, 6.07) is 16.1. The molecule has 2 aromatic carbocycles. The van der Waals surface area contributed by atoms with Gasteiger partial charge in [0.05, 0.1) is 13.5 Å². The Labute approximate surface area is 156 Å². The lowest BCUT2D eigenvalue weighted by Crippen LogP contribution is -2.30. The summed E-state index contributed by atoms with van der Waals surface area (Å²) in [6.45, 7) is 3.89. The average molecular weight is 352 g/mol. The summed E-state index contributed by atoms with van der Waals surface area (Å²) >= 11 is 0. The molecule has 1 aliphatic heterocycles. The quantitative estimate of drug-likeness (QED) is 0.829. The lowest BCUT2D eigenvalue weighted by molar-refractivity contribution is -0.120. The van der Waals surface area contributed by atoms with Crippen molar-refractivity contribution >= 4 is 5.91 Å². The molecule has 0 bridgehead atoms. The first kappa shape index (κ1) is 18.5. The Bertz CT molecular complexity index is 724. The molecule has 3 rings (SSSR count). The summed E-state index contributed by atoms with van der Waals surface area (Å²) in [5, 5.41) is 3.06. The number of likely N-dealkylation sites (tertiary alicyclic amines) is 1. The molecular weight excluding hydrogens is 324 g/mol. The molecule has 4 heteroatoms. The van der Waals surface area contributed by atoms with Gasteiger partial charge in [-0.3, -0.25) is 9.69 Å². The maximum absolute atomic E-state index is 12.4. The van der Waals surface area contributed by atoms with Crippen LogP contribution < -0.4 is 10.1 Å². The molecule has 0 unspecified atom stereocenters. The van der Waals surface area contributed by atoms with Gasteiger partial charge in [-0.1, -0.05) is 48.9 Å². The highest BCUT2D eigenvalue weighted by atomic mass is 16.5. The summed E-state index contributed by atoms with van der Waals surface area (Å²) in [5.74, 6) is 0.774. The van der Waals surface area contributed by atoms with Crippen LogP contribution in [0.25, 0.3) is 0 Å². The molecule has 1 fully saturated rings. The first-order chi connectivity index (χ1) is 12.8. The molecule has 0 spiro atoms. The summed E-state index contributed by atoms with van der Waals surface area (Å²) in [5.41, 5.74) is 3.42. The number of nitrogens with zero attached hydrogens (tertiary/aromatic N) is 1. The minimum Gasteiger partial charge on any atom is -0.496 e. The van der Waals surface area contributed by atoms with Crippen molar-refractivity contribution in [3.05, 3.63) is 65.2 Å². The predicted molar refractivity (Wildman–Crippen MR) is 104 cm³/mol. The molecule has 0 aliphatic carbocycles. The molecule has 2 aromatic rings. The standard InChI is InChI=1S/C22H28N2O2/c1-26-21-12-6-5-9-18(21)15-22(25)23-16-19-10-3-4-11-20(19)17-24-13-7-2-8-14-24/h3-6,9-12H,2,7-8,13-17H2,1H3,(H,23,25). The van der Waals surface area contributed by atoms with E-state index in [0.717, 1.165) is 17.9 Å². The average Bonchev–Trinajstić information content (AvgIpc) is 2.68. The van der Waals surface area contributed by atoms with Gasteiger partial charge in [-0.25, -0.2) is 0 Å². The monoisotopic (exact) mass is 352 g/mol. The van der Waals surface area contributed by atoms with Crippen LogP contribution in [0, 0.1) is 0 Å². The van der Waals surface area contributed by atoms with Crippen LogP contribution in [0.2, 0.25) is 0 Å². The minimum atomic E-state index is 0.0160. The third-order valence-electron chi connectivity index (χ3n) is 4.98. The topological polar surface area (TPSA) is 41.6 Å². The zero-order valence-corrected chi connectivity index (χ0v) is 15.5. The highest BCUT2D eigenvalue weighted by Crippen LogP contribution is 2.18. The SMILES string of the molecule is COc1ccccc1CC(=O)NCc1ccccc1CN1CCCCC1. The molecule has 1 amide bonds. The van der Waals surface area contributed by atoms with Crippen LogP contribution in [0.4, 0.5) is 0 Å². The zero-order chi connectivity index (χ0) is 18.2. The highest BCUT2D eigenvalue weighted by Gasteiger charge is 2.13. The number of para-hydroxylation sites is 1. The molecule has 0 atom stereocenters. The lowest BCUT2D eigenvalue weighted by atomic mass is 10.0. The molecule has 0 saturated carbocycles. The minimum absolute atomic E-state index is 0.0160. The van der Waals surface area contributed by atoms with E-state index in [-0.39, 0.29) is 5.91 Å². The molecule has 1 aliphatic rings. The van der Waals surface area contributed by atoms with E-state index in [0.29, 0.717) is 13.0 Å². The Balaban J connectivity index is 1.58. The molecule has 4 nitrogen and oxygen atoms in total. The second-order valence-electron chi connectivity index (χ2n) is 6.87. The Hall–Kier alpha value is -2.33. The summed E-state index contributed by atoms with van der Waals surface area (Å²) in [6.07, 6.45) is 4.26. The molecule has 1 saturated heterocycles. The lowest BCUT2D eigenvalue weighted by Gasteiger charge is -2.27. The number of nitrogens with one attached hydrogen (secondary N) is 1. The second-order valence-corrected chi connectivity index (χ2v) is 6.87. The van der Waals surface area contributed by atoms with Gasteiger partial charge in [-0.05, 0) is 43.1 Å². The normalized spacial score (nSPS) is 14.8. The maximum Gasteiger partial charge on any atom is 0.224 e. The molecule has 0 aromatic heterocycles. The van der Waals surface area contributed by atoms with Crippen molar-refractivity contribution in [2.75, 3.05) is 20.2 Å². The van der Waals surface area contributed by atoms with Crippen LogP contribution in [0.15, 0.2) is 48.5 Å². The predicted octanol–water partition coefficient (Wildman–Crippen LogP) is 3.54. The Kier molecular flexibility index (Phi) is 6.67. The van der Waals surface area contributed by atoms with E-state index >= 15 is 0 Å². The molecular formula is C22H28N2O2. The summed E-state index contributed by atoms with van der Waals surface area (Å²) in [4.78, 5) is 14.9. The van der Waals surface area contributed by atoms with E-state index in [1.807, 2.05) is 30.3 Å². The van der Waals surface area contributed by atoms with Crippen LogP contribution in [-0.4, -0.2) is 31.0 Å². The Morgan fingerprint density at radius 3 is 2.35 bits per heavy atom. The van der Waals surface area contributed by atoms with Gasteiger partial charge in [0.25, 0.3) is 0 Å². The van der Waals surface area contributed by atoms with Crippen molar-refractivity contribution < 1.29 is 9.53 Å². The first-order valence-corrected chi connectivity index (χ1v) is 9.44. The number of carbonyl (C=O) groups is 1. The number of carbonyl (C=O) groups excluding carboxylic acids is 1. The number of amides is 1. The number of methoxy groups -OCH3 is 1. The number of hydrogen-bond acceptors (Lipinski definition) is 3. The van der Waals surface area contributed by atoms with Crippen LogP contribution >= 0.6 is 0 Å². The number of ether oxygens (including phenoxy) is 1. The zero-order valence-electron chi connectivity index (χ0n) is 15.5. The van der Waals surface area contributed by atoms with E-state index in [1.165, 1.54) is 43.5 Å². The molecule has 0 radical (unpaired) electrons. The fraction of sp³-hybridized carbons (Fsp3) is 0.409. The number of piperidine rings is 1. The van der Waals surface area contributed by atoms with Gasteiger partial charge < -0.3 is 10.1 Å². The second kappa shape index (κ2) is 9.39. The van der Waals surface area contributed by atoms with Gasteiger partial charge in [0, 0.05) is 18.7 Å². The highest BCUT2D eigenvalue weighted by molar-refractivity contribution is 5.79. The van der Waals surface area contributed by atoms with Gasteiger partial charge in [0.1, 0.15) is 5.75 Å². The van der Waals surface area contributed by atoms with Gasteiger partial charge >= 0.3 is 0 Å². The molecule has 1 heterocycles. The molecule has 26 heavy (non-hydrogen) atoms.